The first-order valence-corrected chi connectivity index (χ1v) is 8.10. The second-order valence-corrected chi connectivity index (χ2v) is 7.03. The molecule has 1 aromatic heterocycles. The predicted molar refractivity (Wildman–Crippen MR) is 91.7 cm³/mol. The van der Waals surface area contributed by atoms with E-state index < -0.39 is 0 Å². The van der Waals surface area contributed by atoms with Gasteiger partial charge in [0.05, 0.1) is 13.2 Å². The highest BCUT2D eigenvalue weighted by atomic mass is 16.5. The summed E-state index contributed by atoms with van der Waals surface area (Å²) in [5.74, 6) is 0. The lowest BCUT2D eigenvalue weighted by Crippen LogP contribution is -2.47. The number of rotatable bonds is 5. The van der Waals surface area contributed by atoms with Crippen LogP contribution in [0.4, 0.5) is 10.5 Å². The molecule has 1 N–H and O–H groups in total. The average Bonchev–Trinajstić information content (AvgIpc) is 2.49. The number of ether oxygens (including phenoxy) is 1. The molecule has 0 aliphatic carbocycles. The monoisotopic (exact) mass is 320 g/mol. The zero-order chi connectivity index (χ0) is 16.9. The van der Waals surface area contributed by atoms with E-state index in [4.69, 9.17) is 4.74 Å². The molecule has 0 saturated carbocycles. The Morgan fingerprint density at radius 3 is 2.78 bits per heavy atom. The second-order valence-electron chi connectivity index (χ2n) is 7.03. The number of urea groups is 1. The number of pyridine rings is 1. The maximum Gasteiger partial charge on any atom is 0.321 e. The van der Waals surface area contributed by atoms with E-state index in [1.807, 2.05) is 20.0 Å². The molecule has 2 rings (SSSR count). The Labute approximate surface area is 138 Å². The van der Waals surface area contributed by atoms with Gasteiger partial charge in [0.2, 0.25) is 0 Å². The van der Waals surface area contributed by atoms with Gasteiger partial charge in [-0.25, -0.2) is 4.79 Å². The van der Waals surface area contributed by atoms with Crippen LogP contribution >= 0.6 is 0 Å². The van der Waals surface area contributed by atoms with Gasteiger partial charge in [-0.3, -0.25) is 9.88 Å². The highest BCUT2D eigenvalue weighted by Gasteiger charge is 2.26. The number of carbonyl (C=O) groups excluding carboxylic acids is 1. The summed E-state index contributed by atoms with van der Waals surface area (Å²) in [5.41, 5.74) is 1.79. The van der Waals surface area contributed by atoms with Gasteiger partial charge in [-0.2, -0.15) is 0 Å². The number of hydrogen-bond acceptors (Lipinski definition) is 4. The maximum absolute atomic E-state index is 12.4. The first kappa shape index (κ1) is 17.7. The van der Waals surface area contributed by atoms with Crippen LogP contribution in [0.25, 0.3) is 0 Å². The summed E-state index contributed by atoms with van der Waals surface area (Å²) in [6.45, 7) is 11.5. The highest BCUT2D eigenvalue weighted by Crippen LogP contribution is 2.20. The van der Waals surface area contributed by atoms with E-state index in [0.29, 0.717) is 6.54 Å². The molecule has 0 bridgehead atoms. The molecule has 0 unspecified atom stereocenters. The standard InChI is InChI=1S/C17H28N4O2/c1-14-11-18-6-5-15(14)19-16(22)20(4)12-17(2,3)13-21-7-9-23-10-8-21/h5-6,11H,7-10,12-13H2,1-4H3,(H,18,19,22). The van der Waals surface area contributed by atoms with Gasteiger partial charge in [-0.05, 0) is 24.0 Å². The third kappa shape index (κ3) is 5.48. The fraction of sp³-hybridized carbons (Fsp3) is 0.647. The van der Waals surface area contributed by atoms with Gasteiger partial charge in [0.15, 0.2) is 0 Å². The van der Waals surface area contributed by atoms with Gasteiger partial charge < -0.3 is 15.0 Å². The summed E-state index contributed by atoms with van der Waals surface area (Å²) < 4.78 is 5.39. The molecule has 6 nitrogen and oxygen atoms in total. The van der Waals surface area contributed by atoms with Crippen LogP contribution in [0.2, 0.25) is 0 Å². The number of hydrogen-bond donors (Lipinski definition) is 1. The quantitative estimate of drug-likeness (QED) is 0.904. The topological polar surface area (TPSA) is 57.7 Å². The molecule has 128 valence electrons. The third-order valence-electron chi connectivity index (χ3n) is 4.03. The van der Waals surface area contributed by atoms with E-state index in [1.54, 1.807) is 17.3 Å². The van der Waals surface area contributed by atoms with Crippen molar-refractivity contribution in [2.45, 2.75) is 20.8 Å². The van der Waals surface area contributed by atoms with Gasteiger partial charge in [0.1, 0.15) is 0 Å². The molecule has 2 heterocycles. The van der Waals surface area contributed by atoms with Crippen LogP contribution in [0, 0.1) is 12.3 Å². The van der Waals surface area contributed by atoms with Crippen molar-refractivity contribution < 1.29 is 9.53 Å². The Bertz CT molecular complexity index is 527. The van der Waals surface area contributed by atoms with Crippen molar-refractivity contribution in [2.24, 2.45) is 5.41 Å². The first-order chi connectivity index (χ1) is 10.9. The molecule has 6 heteroatoms. The number of morpholine rings is 1. The summed E-state index contributed by atoms with van der Waals surface area (Å²) in [4.78, 5) is 20.6. The van der Waals surface area contributed by atoms with E-state index in [9.17, 15) is 4.79 Å². The van der Waals surface area contributed by atoms with Crippen molar-refractivity contribution in [1.82, 2.24) is 14.8 Å². The smallest absolute Gasteiger partial charge is 0.321 e. The van der Waals surface area contributed by atoms with Crippen LogP contribution in [0.15, 0.2) is 18.5 Å². The number of anilines is 1. The van der Waals surface area contributed by atoms with Crippen molar-refractivity contribution in [2.75, 3.05) is 51.8 Å². The van der Waals surface area contributed by atoms with Gasteiger partial charge >= 0.3 is 6.03 Å². The molecular formula is C17H28N4O2. The van der Waals surface area contributed by atoms with Crippen molar-refractivity contribution >= 4 is 11.7 Å². The maximum atomic E-state index is 12.4. The predicted octanol–water partition coefficient (Wildman–Crippen LogP) is 2.21. The average molecular weight is 320 g/mol. The van der Waals surface area contributed by atoms with E-state index in [0.717, 1.165) is 44.1 Å². The van der Waals surface area contributed by atoms with Crippen LogP contribution in [-0.4, -0.2) is 67.3 Å². The van der Waals surface area contributed by atoms with Crippen LogP contribution in [0.1, 0.15) is 19.4 Å². The molecule has 1 fully saturated rings. The summed E-state index contributed by atoms with van der Waals surface area (Å²) in [7, 11) is 1.84. The minimum Gasteiger partial charge on any atom is -0.379 e. The highest BCUT2D eigenvalue weighted by molar-refractivity contribution is 5.89. The minimum atomic E-state index is -0.0886. The van der Waals surface area contributed by atoms with Crippen LogP contribution < -0.4 is 5.32 Å². The Morgan fingerprint density at radius 2 is 2.13 bits per heavy atom. The molecule has 23 heavy (non-hydrogen) atoms. The van der Waals surface area contributed by atoms with Crippen molar-refractivity contribution in [3.63, 3.8) is 0 Å². The van der Waals surface area contributed by atoms with Gasteiger partial charge in [0, 0.05) is 51.3 Å². The zero-order valence-corrected chi connectivity index (χ0v) is 14.6. The molecule has 0 atom stereocenters. The van der Waals surface area contributed by atoms with Crippen LogP contribution in [-0.2, 0) is 4.74 Å². The lowest BCUT2D eigenvalue weighted by molar-refractivity contribution is 0.0182. The summed E-state index contributed by atoms with van der Waals surface area (Å²) in [6.07, 6.45) is 3.43. The summed E-state index contributed by atoms with van der Waals surface area (Å²) >= 11 is 0. The number of carbonyl (C=O) groups is 1. The molecule has 0 radical (unpaired) electrons. The van der Waals surface area contributed by atoms with E-state index in [-0.39, 0.29) is 11.4 Å². The van der Waals surface area contributed by atoms with E-state index in [2.05, 4.69) is 29.0 Å². The Balaban J connectivity index is 1.87. The largest absolute Gasteiger partial charge is 0.379 e. The molecule has 1 aliphatic heterocycles. The zero-order valence-electron chi connectivity index (χ0n) is 14.6. The SMILES string of the molecule is Cc1cnccc1NC(=O)N(C)CC(C)(C)CN1CCOCC1. The number of nitrogens with zero attached hydrogens (tertiary/aromatic N) is 3. The summed E-state index contributed by atoms with van der Waals surface area (Å²) in [6, 6.07) is 1.73. The fourth-order valence-corrected chi connectivity index (χ4v) is 2.95. The minimum absolute atomic E-state index is 0.0245. The Morgan fingerprint density at radius 1 is 1.43 bits per heavy atom. The lowest BCUT2D eigenvalue weighted by Gasteiger charge is -2.37. The van der Waals surface area contributed by atoms with Gasteiger partial charge in [0.25, 0.3) is 0 Å². The number of nitrogens with one attached hydrogen (secondary N) is 1. The van der Waals surface area contributed by atoms with Crippen molar-refractivity contribution in [1.29, 1.82) is 0 Å². The number of aryl methyl sites for hydroxylation is 1. The summed E-state index contributed by atoms with van der Waals surface area (Å²) in [5, 5.41) is 2.95. The molecule has 1 saturated heterocycles. The number of amides is 2. The fourth-order valence-electron chi connectivity index (χ4n) is 2.95. The molecular weight excluding hydrogens is 292 g/mol. The van der Waals surface area contributed by atoms with Crippen molar-refractivity contribution in [3.8, 4) is 0 Å². The second kappa shape index (κ2) is 7.75. The Hall–Kier alpha value is -1.66. The van der Waals surface area contributed by atoms with E-state index in [1.165, 1.54) is 0 Å². The van der Waals surface area contributed by atoms with E-state index >= 15 is 0 Å². The molecule has 0 aromatic carbocycles. The Kier molecular flexibility index (Phi) is 5.96. The number of aromatic nitrogens is 1. The van der Waals surface area contributed by atoms with Crippen molar-refractivity contribution in [3.05, 3.63) is 24.0 Å². The molecule has 2 amide bonds. The molecule has 1 aromatic rings. The molecule has 1 aliphatic rings. The first-order valence-electron chi connectivity index (χ1n) is 8.10. The van der Waals surface area contributed by atoms with Crippen LogP contribution in [0.3, 0.4) is 0 Å². The lowest BCUT2D eigenvalue weighted by atomic mass is 9.92. The third-order valence-corrected chi connectivity index (χ3v) is 4.03. The van der Waals surface area contributed by atoms with Crippen LogP contribution in [0.5, 0.6) is 0 Å². The molecule has 0 spiro atoms. The normalized spacial score (nSPS) is 16.2. The van der Waals surface area contributed by atoms with Gasteiger partial charge in [-0.1, -0.05) is 13.8 Å². The van der Waals surface area contributed by atoms with Gasteiger partial charge in [-0.15, -0.1) is 0 Å².